The monoisotopic (exact) mass is 438 g/mol. The number of aromatic nitrogens is 3. The van der Waals surface area contributed by atoms with Crippen molar-refractivity contribution in [2.24, 2.45) is 5.41 Å². The Morgan fingerprint density at radius 1 is 1.09 bits per heavy atom. The molecule has 1 aliphatic rings. The van der Waals surface area contributed by atoms with E-state index in [1.54, 1.807) is 26.2 Å². The van der Waals surface area contributed by atoms with Gasteiger partial charge in [0.25, 0.3) is 5.89 Å². The average Bonchev–Trinajstić information content (AvgIpc) is 3.23. The van der Waals surface area contributed by atoms with E-state index in [-0.39, 0.29) is 5.89 Å². The second-order valence-corrected chi connectivity index (χ2v) is 10.2. The molecule has 1 fully saturated rings. The molecule has 4 rings (SSSR count). The Kier molecular flexibility index (Phi) is 5.48. The van der Waals surface area contributed by atoms with Crippen LogP contribution in [0.25, 0.3) is 11.4 Å². The molecule has 0 bridgehead atoms. The fraction of sp³-hybridized carbons (Fsp3) is 0.480. The van der Waals surface area contributed by atoms with Crippen LogP contribution >= 0.6 is 0 Å². The maximum Gasteiger partial charge on any atom is 0.258 e. The number of hydrogen-bond donors (Lipinski definition) is 2. The SMILES string of the molecule is CC(C)c1ccc([C@](O)(c2cncc(-[14c]3noc(C(C)(C)O)n3)c2)C2(C)CN(C)C2)cc1. The van der Waals surface area contributed by atoms with Gasteiger partial charge in [-0.1, -0.05) is 50.2 Å². The van der Waals surface area contributed by atoms with Gasteiger partial charge in [-0.25, -0.2) is 0 Å². The highest BCUT2D eigenvalue weighted by Gasteiger charge is 2.55. The lowest BCUT2D eigenvalue weighted by atomic mass is 9.62. The Morgan fingerprint density at radius 2 is 1.75 bits per heavy atom. The topological polar surface area (TPSA) is 95.5 Å². The summed E-state index contributed by atoms with van der Waals surface area (Å²) in [5.41, 5.74) is 0.482. The van der Waals surface area contributed by atoms with Crippen LogP contribution in [0.15, 0.2) is 47.2 Å². The Morgan fingerprint density at radius 3 is 2.28 bits per heavy atom. The third kappa shape index (κ3) is 3.74. The van der Waals surface area contributed by atoms with E-state index in [4.69, 9.17) is 4.52 Å². The highest BCUT2D eigenvalue weighted by molar-refractivity contribution is 5.56. The standard InChI is InChI=1S/C25H32N4O3/c1-16(2)17-7-9-19(10-8-17)25(31,24(5)14-29(6)15-24)20-11-18(12-26-13-20)21-27-22(32-28-21)23(3,4)30/h7-13,16,30-31H,14-15H2,1-6H3/t25-/m0/s1/i21+2. The van der Waals surface area contributed by atoms with E-state index >= 15 is 0 Å². The first-order chi connectivity index (χ1) is 14.9. The van der Waals surface area contributed by atoms with E-state index in [1.807, 2.05) is 18.2 Å². The van der Waals surface area contributed by atoms with Crippen molar-refractivity contribution in [1.82, 2.24) is 20.0 Å². The highest BCUT2D eigenvalue weighted by Crippen LogP contribution is 2.50. The van der Waals surface area contributed by atoms with Gasteiger partial charge in [0, 0.05) is 42.0 Å². The predicted molar refractivity (Wildman–Crippen MR) is 122 cm³/mol. The van der Waals surface area contributed by atoms with E-state index in [9.17, 15) is 10.2 Å². The van der Waals surface area contributed by atoms with Crippen molar-refractivity contribution in [3.8, 4) is 11.4 Å². The largest absolute Gasteiger partial charge is 0.381 e. The van der Waals surface area contributed by atoms with Gasteiger partial charge in [-0.3, -0.25) is 4.98 Å². The molecule has 1 saturated heterocycles. The Hall–Kier alpha value is -2.61. The number of likely N-dealkylation sites (tertiary alicyclic amines) is 1. The summed E-state index contributed by atoms with van der Waals surface area (Å²) in [4.78, 5) is 10.9. The molecule has 0 spiro atoms. The van der Waals surface area contributed by atoms with Gasteiger partial charge < -0.3 is 19.6 Å². The van der Waals surface area contributed by atoms with Crippen LogP contribution < -0.4 is 0 Å². The first-order valence-corrected chi connectivity index (χ1v) is 11.0. The van der Waals surface area contributed by atoms with Crippen LogP contribution in [0.3, 0.4) is 0 Å². The van der Waals surface area contributed by atoms with Crippen molar-refractivity contribution in [1.29, 1.82) is 0 Å². The molecule has 0 radical (unpaired) electrons. The van der Waals surface area contributed by atoms with Crippen molar-refractivity contribution >= 4 is 0 Å². The van der Waals surface area contributed by atoms with Gasteiger partial charge in [0.05, 0.1) is 0 Å². The lowest BCUT2D eigenvalue weighted by Gasteiger charge is -2.55. The zero-order chi connectivity index (χ0) is 23.3. The minimum Gasteiger partial charge on any atom is -0.381 e. The van der Waals surface area contributed by atoms with Crippen LogP contribution in [0.2, 0.25) is 0 Å². The minimum atomic E-state index is -1.25. The fourth-order valence-electron chi connectivity index (χ4n) is 4.70. The Bertz CT molecular complexity index is 1090. The van der Waals surface area contributed by atoms with Crippen LogP contribution in [-0.2, 0) is 11.2 Å². The molecule has 32 heavy (non-hydrogen) atoms. The summed E-state index contributed by atoms with van der Waals surface area (Å²) in [5.74, 6) is 0.866. The van der Waals surface area contributed by atoms with Gasteiger partial charge in [0.15, 0.2) is 0 Å². The molecule has 2 N–H and O–H groups in total. The quantitative estimate of drug-likeness (QED) is 0.606. The smallest absolute Gasteiger partial charge is 0.258 e. The molecular formula is C25H32N4O3. The van der Waals surface area contributed by atoms with Gasteiger partial charge in [-0.05, 0) is 44.0 Å². The Balaban J connectivity index is 1.80. The highest BCUT2D eigenvalue weighted by atomic mass is 16.5. The fourth-order valence-corrected chi connectivity index (χ4v) is 4.70. The molecule has 0 unspecified atom stereocenters. The Labute approximate surface area is 189 Å². The molecule has 1 aliphatic heterocycles. The summed E-state index contributed by atoms with van der Waals surface area (Å²) < 4.78 is 5.23. The summed E-state index contributed by atoms with van der Waals surface area (Å²) in [5, 5.41) is 26.5. The first kappa shape index (κ1) is 22.6. The summed E-state index contributed by atoms with van der Waals surface area (Å²) in [6, 6.07) is 10.1. The third-order valence-corrected chi connectivity index (χ3v) is 6.47. The number of nitrogens with zero attached hydrogens (tertiary/aromatic N) is 4. The van der Waals surface area contributed by atoms with Crippen molar-refractivity contribution in [2.45, 2.75) is 51.7 Å². The lowest BCUT2D eigenvalue weighted by molar-refractivity contribution is -0.127. The molecule has 2 aromatic heterocycles. The molecular weight excluding hydrogens is 406 g/mol. The number of hydrogen-bond acceptors (Lipinski definition) is 7. The molecule has 170 valence electrons. The van der Waals surface area contributed by atoms with E-state index in [2.05, 4.69) is 60.0 Å². The van der Waals surface area contributed by atoms with Gasteiger partial charge in [-0.15, -0.1) is 0 Å². The molecule has 1 aromatic carbocycles. The summed E-state index contributed by atoms with van der Waals surface area (Å²) >= 11 is 0. The normalized spacial score (nSPS) is 18.4. The van der Waals surface area contributed by atoms with Gasteiger partial charge in [-0.2, -0.15) is 4.98 Å². The number of aliphatic hydroxyl groups is 2. The lowest BCUT2D eigenvalue weighted by Crippen LogP contribution is -2.63. The van der Waals surface area contributed by atoms with E-state index in [0.717, 1.165) is 18.7 Å². The molecule has 3 aromatic rings. The predicted octanol–water partition coefficient (Wildman–Crippen LogP) is 3.67. The molecule has 7 heteroatoms. The minimum absolute atomic E-state index is 0.130. The summed E-state index contributed by atoms with van der Waals surface area (Å²) in [6.07, 6.45) is 3.35. The molecule has 0 amide bonds. The maximum atomic E-state index is 12.3. The van der Waals surface area contributed by atoms with Crippen LogP contribution in [-0.4, -0.2) is 50.4 Å². The maximum absolute atomic E-state index is 12.3. The van der Waals surface area contributed by atoms with Crippen molar-refractivity contribution in [2.75, 3.05) is 20.1 Å². The molecule has 3 heterocycles. The van der Waals surface area contributed by atoms with Crippen LogP contribution in [0, 0.1) is 5.41 Å². The average molecular weight is 439 g/mol. The molecule has 0 saturated carbocycles. The van der Waals surface area contributed by atoms with Crippen molar-refractivity contribution < 1.29 is 14.7 Å². The number of pyridine rings is 1. The second-order valence-electron chi connectivity index (χ2n) is 10.2. The second kappa shape index (κ2) is 7.76. The number of rotatable bonds is 6. The van der Waals surface area contributed by atoms with E-state index in [0.29, 0.717) is 22.9 Å². The number of benzene rings is 1. The van der Waals surface area contributed by atoms with E-state index < -0.39 is 16.6 Å². The van der Waals surface area contributed by atoms with Gasteiger partial charge in [0.2, 0.25) is 5.82 Å². The van der Waals surface area contributed by atoms with Crippen LogP contribution in [0.5, 0.6) is 0 Å². The zero-order valence-electron chi connectivity index (χ0n) is 19.6. The van der Waals surface area contributed by atoms with Crippen molar-refractivity contribution in [3.63, 3.8) is 0 Å². The molecule has 1 atom stereocenters. The van der Waals surface area contributed by atoms with E-state index in [1.165, 1.54) is 5.56 Å². The summed E-state index contributed by atoms with van der Waals surface area (Å²) in [6.45, 7) is 11.1. The summed E-state index contributed by atoms with van der Waals surface area (Å²) in [7, 11) is 2.05. The van der Waals surface area contributed by atoms with Crippen LogP contribution in [0.4, 0.5) is 0 Å². The van der Waals surface area contributed by atoms with Gasteiger partial charge in [0.1, 0.15) is 11.2 Å². The van der Waals surface area contributed by atoms with Crippen molar-refractivity contribution in [3.05, 3.63) is 65.3 Å². The first-order valence-electron chi connectivity index (χ1n) is 11.0. The zero-order valence-corrected chi connectivity index (χ0v) is 19.6. The molecule has 7 nitrogen and oxygen atoms in total. The third-order valence-electron chi connectivity index (χ3n) is 6.47. The van der Waals surface area contributed by atoms with Crippen LogP contribution in [0.1, 0.15) is 63.1 Å². The molecule has 0 aliphatic carbocycles. The van der Waals surface area contributed by atoms with Gasteiger partial charge >= 0.3 is 0 Å².